The molecule has 0 spiro atoms. The number of hydrogen-bond acceptors (Lipinski definition) is 3. The van der Waals surface area contributed by atoms with Crippen LogP contribution in [0.1, 0.15) is 26.2 Å². The topological polar surface area (TPSA) is 44.5 Å². The summed E-state index contributed by atoms with van der Waals surface area (Å²) in [6.45, 7) is 3.52. The second kappa shape index (κ2) is 7.98. The van der Waals surface area contributed by atoms with Gasteiger partial charge in [0.25, 0.3) is 0 Å². The van der Waals surface area contributed by atoms with Gasteiger partial charge in [-0.25, -0.2) is 0 Å². The molecule has 0 aromatic rings. The summed E-state index contributed by atoms with van der Waals surface area (Å²) in [5.74, 6) is 0. The third-order valence-electron chi connectivity index (χ3n) is 1.47. The van der Waals surface area contributed by atoms with Crippen LogP contribution in [0.15, 0.2) is 0 Å². The lowest BCUT2D eigenvalue weighted by molar-refractivity contribution is -0.126. The zero-order valence-electron chi connectivity index (χ0n) is 7.51. The van der Waals surface area contributed by atoms with Gasteiger partial charge in [-0.3, -0.25) is 0 Å². The SMILES string of the molecule is CCCCOC(CCN)OC. The highest BCUT2D eigenvalue weighted by molar-refractivity contribution is 4.44. The fourth-order valence-electron chi connectivity index (χ4n) is 0.764. The van der Waals surface area contributed by atoms with Crippen molar-refractivity contribution in [3.05, 3.63) is 0 Å². The van der Waals surface area contributed by atoms with E-state index in [0.717, 1.165) is 25.9 Å². The molecule has 3 heteroatoms. The van der Waals surface area contributed by atoms with E-state index in [0.29, 0.717) is 6.54 Å². The number of hydrogen-bond donors (Lipinski definition) is 1. The first-order valence-electron chi connectivity index (χ1n) is 4.19. The summed E-state index contributed by atoms with van der Waals surface area (Å²) < 4.78 is 10.4. The van der Waals surface area contributed by atoms with Gasteiger partial charge in [0, 0.05) is 20.1 Å². The highest BCUT2D eigenvalue weighted by Crippen LogP contribution is 1.99. The van der Waals surface area contributed by atoms with Crippen LogP contribution in [0.25, 0.3) is 0 Å². The van der Waals surface area contributed by atoms with Crippen LogP contribution in [0.3, 0.4) is 0 Å². The first-order chi connectivity index (χ1) is 5.35. The van der Waals surface area contributed by atoms with Gasteiger partial charge < -0.3 is 15.2 Å². The number of rotatable bonds is 7. The van der Waals surface area contributed by atoms with Crippen molar-refractivity contribution in [3.8, 4) is 0 Å². The Morgan fingerprint density at radius 2 is 2.18 bits per heavy atom. The van der Waals surface area contributed by atoms with Crippen molar-refractivity contribution in [2.45, 2.75) is 32.5 Å². The van der Waals surface area contributed by atoms with Crippen molar-refractivity contribution in [1.29, 1.82) is 0 Å². The van der Waals surface area contributed by atoms with Crippen molar-refractivity contribution in [1.82, 2.24) is 0 Å². The minimum Gasteiger partial charge on any atom is -0.356 e. The normalized spacial score (nSPS) is 13.4. The lowest BCUT2D eigenvalue weighted by Crippen LogP contribution is -2.20. The van der Waals surface area contributed by atoms with Crippen LogP contribution in [-0.2, 0) is 9.47 Å². The van der Waals surface area contributed by atoms with Crippen molar-refractivity contribution >= 4 is 0 Å². The summed E-state index contributed by atoms with van der Waals surface area (Å²) in [7, 11) is 1.65. The fourth-order valence-corrected chi connectivity index (χ4v) is 0.764. The van der Waals surface area contributed by atoms with Gasteiger partial charge in [0.05, 0.1) is 0 Å². The van der Waals surface area contributed by atoms with Crippen LogP contribution in [0.4, 0.5) is 0 Å². The average Bonchev–Trinajstić information content (AvgIpc) is 2.03. The Kier molecular flexibility index (Phi) is 7.89. The van der Waals surface area contributed by atoms with Gasteiger partial charge in [0.2, 0.25) is 0 Å². The molecule has 0 bridgehead atoms. The van der Waals surface area contributed by atoms with Crippen LogP contribution in [-0.4, -0.2) is 26.6 Å². The predicted molar refractivity (Wildman–Crippen MR) is 45.3 cm³/mol. The molecule has 0 fully saturated rings. The molecule has 0 amide bonds. The highest BCUT2D eigenvalue weighted by atomic mass is 16.7. The standard InChI is InChI=1S/C8H19NO2/c1-3-4-7-11-8(10-2)5-6-9/h8H,3-7,9H2,1-2H3. The lowest BCUT2D eigenvalue weighted by Gasteiger charge is -2.14. The van der Waals surface area contributed by atoms with Crippen molar-refractivity contribution < 1.29 is 9.47 Å². The number of ether oxygens (including phenoxy) is 2. The van der Waals surface area contributed by atoms with E-state index in [1.165, 1.54) is 0 Å². The Morgan fingerprint density at radius 3 is 2.64 bits per heavy atom. The summed E-state index contributed by atoms with van der Waals surface area (Å²) in [6.07, 6.45) is 2.91. The minimum atomic E-state index is -0.105. The van der Waals surface area contributed by atoms with E-state index in [4.69, 9.17) is 15.2 Å². The van der Waals surface area contributed by atoms with E-state index in [1.807, 2.05) is 0 Å². The van der Waals surface area contributed by atoms with Gasteiger partial charge in [-0.1, -0.05) is 13.3 Å². The Morgan fingerprint density at radius 1 is 1.45 bits per heavy atom. The molecule has 1 unspecified atom stereocenters. The maximum absolute atomic E-state index is 5.37. The van der Waals surface area contributed by atoms with Gasteiger partial charge in [-0.15, -0.1) is 0 Å². The molecule has 0 aliphatic heterocycles. The third kappa shape index (κ3) is 6.28. The Balaban J connectivity index is 3.20. The maximum Gasteiger partial charge on any atom is 0.158 e. The first-order valence-corrected chi connectivity index (χ1v) is 4.19. The van der Waals surface area contributed by atoms with E-state index in [-0.39, 0.29) is 6.29 Å². The van der Waals surface area contributed by atoms with Crippen molar-refractivity contribution in [2.24, 2.45) is 5.73 Å². The second-order valence-corrected chi connectivity index (χ2v) is 2.47. The summed E-state index contributed by atoms with van der Waals surface area (Å²) in [5.41, 5.74) is 5.35. The molecular weight excluding hydrogens is 142 g/mol. The monoisotopic (exact) mass is 161 g/mol. The quantitative estimate of drug-likeness (QED) is 0.449. The van der Waals surface area contributed by atoms with Gasteiger partial charge in [-0.05, 0) is 13.0 Å². The molecule has 11 heavy (non-hydrogen) atoms. The average molecular weight is 161 g/mol. The summed E-state index contributed by atoms with van der Waals surface area (Å²) in [6, 6.07) is 0. The van der Waals surface area contributed by atoms with Crippen LogP contribution in [0.5, 0.6) is 0 Å². The molecule has 0 rings (SSSR count). The van der Waals surface area contributed by atoms with E-state index < -0.39 is 0 Å². The van der Waals surface area contributed by atoms with E-state index in [1.54, 1.807) is 7.11 Å². The largest absolute Gasteiger partial charge is 0.356 e. The number of unbranched alkanes of at least 4 members (excludes halogenated alkanes) is 1. The molecule has 0 aliphatic carbocycles. The van der Waals surface area contributed by atoms with Crippen LogP contribution < -0.4 is 5.73 Å². The summed E-state index contributed by atoms with van der Waals surface area (Å²) in [4.78, 5) is 0. The van der Waals surface area contributed by atoms with Gasteiger partial charge >= 0.3 is 0 Å². The molecule has 0 saturated heterocycles. The fraction of sp³-hybridized carbons (Fsp3) is 1.00. The van der Waals surface area contributed by atoms with E-state index in [2.05, 4.69) is 6.92 Å². The Bertz CT molecular complexity index is 78.5. The third-order valence-corrected chi connectivity index (χ3v) is 1.47. The molecule has 68 valence electrons. The molecule has 1 atom stereocenters. The molecule has 0 aromatic heterocycles. The van der Waals surface area contributed by atoms with Crippen LogP contribution >= 0.6 is 0 Å². The number of methoxy groups -OCH3 is 1. The van der Waals surface area contributed by atoms with Gasteiger partial charge in [0.1, 0.15) is 0 Å². The Hall–Kier alpha value is -0.120. The second-order valence-electron chi connectivity index (χ2n) is 2.47. The molecule has 0 radical (unpaired) electrons. The highest BCUT2D eigenvalue weighted by Gasteiger charge is 2.03. The zero-order valence-corrected chi connectivity index (χ0v) is 7.51. The molecule has 0 saturated carbocycles. The summed E-state index contributed by atoms with van der Waals surface area (Å²) in [5, 5.41) is 0. The summed E-state index contributed by atoms with van der Waals surface area (Å²) >= 11 is 0. The van der Waals surface area contributed by atoms with Gasteiger partial charge in [0.15, 0.2) is 6.29 Å². The first kappa shape index (κ1) is 10.9. The zero-order chi connectivity index (χ0) is 8.53. The maximum atomic E-state index is 5.37. The molecule has 0 heterocycles. The number of nitrogens with two attached hydrogens (primary N) is 1. The van der Waals surface area contributed by atoms with Crippen molar-refractivity contribution in [3.63, 3.8) is 0 Å². The molecule has 3 nitrogen and oxygen atoms in total. The Labute approximate surface area is 68.9 Å². The molecular formula is C8H19NO2. The molecule has 0 aromatic carbocycles. The van der Waals surface area contributed by atoms with Crippen molar-refractivity contribution in [2.75, 3.05) is 20.3 Å². The lowest BCUT2D eigenvalue weighted by atomic mass is 10.3. The minimum absolute atomic E-state index is 0.105. The van der Waals surface area contributed by atoms with Crippen LogP contribution in [0.2, 0.25) is 0 Å². The molecule has 0 aliphatic rings. The van der Waals surface area contributed by atoms with Gasteiger partial charge in [-0.2, -0.15) is 0 Å². The van der Waals surface area contributed by atoms with E-state index >= 15 is 0 Å². The smallest absolute Gasteiger partial charge is 0.158 e. The van der Waals surface area contributed by atoms with Crippen LogP contribution in [0, 0.1) is 0 Å². The predicted octanol–water partition coefficient (Wildman–Crippen LogP) is 1.12. The van der Waals surface area contributed by atoms with E-state index in [9.17, 15) is 0 Å². The molecule has 2 N–H and O–H groups in total.